The molecule has 0 spiro atoms. The van der Waals surface area contributed by atoms with Gasteiger partial charge < -0.3 is 14.8 Å². The third kappa shape index (κ3) is 4.62. The molecule has 0 aliphatic heterocycles. The summed E-state index contributed by atoms with van der Waals surface area (Å²) in [5.74, 6) is 0.396. The van der Waals surface area contributed by atoms with E-state index in [0.717, 1.165) is 44.3 Å². The van der Waals surface area contributed by atoms with E-state index in [1.165, 1.54) is 0 Å². The van der Waals surface area contributed by atoms with Crippen molar-refractivity contribution in [1.29, 1.82) is 0 Å². The van der Waals surface area contributed by atoms with Gasteiger partial charge in [0.15, 0.2) is 0 Å². The van der Waals surface area contributed by atoms with Crippen LogP contribution in [0, 0.1) is 13.8 Å². The fraction of sp³-hybridized carbons (Fsp3) is 0.103. The van der Waals surface area contributed by atoms with Crippen LogP contribution in [0.2, 0.25) is 0 Å². The number of aromatic nitrogens is 1. The summed E-state index contributed by atoms with van der Waals surface area (Å²) in [7, 11) is 2.02. The average Bonchev–Trinajstić information content (AvgIpc) is 3.09. The average molecular weight is 513 g/mol. The molecule has 1 aromatic heterocycles. The zero-order valence-electron chi connectivity index (χ0n) is 20.0. The first kappa shape index (κ1) is 24.4. The largest absolute Gasteiger partial charge is 0.507 e. The first-order chi connectivity index (χ1) is 16.4. The number of hydrogen-bond acceptors (Lipinski definition) is 4. The molecule has 0 amide bonds. The summed E-state index contributed by atoms with van der Waals surface area (Å²) in [5, 5.41) is 22.5. The van der Waals surface area contributed by atoms with Gasteiger partial charge in [-0.15, -0.1) is 0 Å². The number of benzene rings is 4. The van der Waals surface area contributed by atoms with Crippen molar-refractivity contribution in [2.75, 3.05) is 0 Å². The van der Waals surface area contributed by atoms with Gasteiger partial charge in [0, 0.05) is 60.9 Å². The van der Waals surface area contributed by atoms with Crippen molar-refractivity contribution in [1.82, 2.24) is 4.57 Å². The Labute approximate surface area is 216 Å². The van der Waals surface area contributed by atoms with Crippen LogP contribution < -0.4 is 0 Å². The summed E-state index contributed by atoms with van der Waals surface area (Å²) in [6.45, 7) is 4.12. The molecule has 0 saturated heterocycles. The fourth-order valence-corrected chi connectivity index (χ4v) is 4.42. The molecule has 1 heterocycles. The maximum atomic E-state index is 10.1. The number of para-hydroxylation sites is 2. The van der Waals surface area contributed by atoms with Gasteiger partial charge in [-0.3, -0.25) is 9.98 Å². The fourth-order valence-electron chi connectivity index (χ4n) is 4.42. The SMILES string of the molecule is Cc1cc(N=Cc2ccccc2O)c2c(c1)c1cc(C)cc(N=Cc3ccccc3O)c1n2C.[Zn]. The molecule has 0 aliphatic rings. The Hall–Kier alpha value is -3.76. The third-order valence-electron chi connectivity index (χ3n) is 5.99. The van der Waals surface area contributed by atoms with Crippen molar-refractivity contribution in [2.45, 2.75) is 13.8 Å². The monoisotopic (exact) mass is 511 g/mol. The minimum Gasteiger partial charge on any atom is -0.507 e. The first-order valence-electron chi connectivity index (χ1n) is 11.1. The molecule has 0 radical (unpaired) electrons. The number of rotatable bonds is 4. The maximum Gasteiger partial charge on any atom is 0.124 e. The second-order valence-corrected chi connectivity index (χ2v) is 8.55. The molecule has 5 nitrogen and oxygen atoms in total. The molecule has 2 N–H and O–H groups in total. The minimum absolute atomic E-state index is 0. The van der Waals surface area contributed by atoms with E-state index in [2.05, 4.69) is 42.7 Å². The van der Waals surface area contributed by atoms with E-state index in [4.69, 9.17) is 9.98 Å². The number of nitrogens with zero attached hydrogens (tertiary/aromatic N) is 3. The van der Waals surface area contributed by atoms with Gasteiger partial charge in [0.2, 0.25) is 0 Å². The van der Waals surface area contributed by atoms with E-state index >= 15 is 0 Å². The number of fused-ring (bicyclic) bond motifs is 3. The van der Waals surface area contributed by atoms with Gasteiger partial charge in [0.05, 0.1) is 22.4 Å². The first-order valence-corrected chi connectivity index (χ1v) is 11.1. The molecule has 4 aromatic carbocycles. The van der Waals surface area contributed by atoms with Crippen molar-refractivity contribution in [3.05, 3.63) is 95.1 Å². The van der Waals surface area contributed by atoms with E-state index in [1.807, 2.05) is 31.3 Å². The van der Waals surface area contributed by atoms with Crippen LogP contribution in [0.25, 0.3) is 21.8 Å². The molecular weight excluding hydrogens is 488 g/mol. The molecule has 0 bridgehead atoms. The molecule has 0 unspecified atom stereocenters. The molecule has 0 atom stereocenters. The Morgan fingerprint density at radius 1 is 0.657 bits per heavy atom. The zero-order chi connectivity index (χ0) is 23.8. The Balaban J connectivity index is 0.00000289. The van der Waals surface area contributed by atoms with Gasteiger partial charge in [0.1, 0.15) is 11.5 Å². The Morgan fingerprint density at radius 3 is 1.46 bits per heavy atom. The van der Waals surface area contributed by atoms with Gasteiger partial charge in [-0.2, -0.15) is 0 Å². The number of hydrogen-bond donors (Lipinski definition) is 2. The molecule has 0 aliphatic carbocycles. The summed E-state index contributed by atoms with van der Waals surface area (Å²) in [6, 6.07) is 22.8. The molecule has 6 heteroatoms. The summed E-state index contributed by atoms with van der Waals surface area (Å²) in [5.41, 5.74) is 7.18. The summed E-state index contributed by atoms with van der Waals surface area (Å²) in [6.07, 6.45) is 3.40. The van der Waals surface area contributed by atoms with Gasteiger partial charge in [-0.25, -0.2) is 0 Å². The molecule has 5 aromatic rings. The van der Waals surface area contributed by atoms with E-state index in [9.17, 15) is 10.2 Å². The minimum atomic E-state index is 0. The Bertz CT molecular complexity index is 1500. The quantitative estimate of drug-likeness (QED) is 0.204. The van der Waals surface area contributed by atoms with Crippen LogP contribution >= 0.6 is 0 Å². The number of aliphatic imine (C=N–C) groups is 2. The second-order valence-electron chi connectivity index (χ2n) is 8.55. The topological polar surface area (TPSA) is 70.1 Å². The van der Waals surface area contributed by atoms with Crippen molar-refractivity contribution in [3.8, 4) is 11.5 Å². The van der Waals surface area contributed by atoms with Gasteiger partial charge in [0.25, 0.3) is 0 Å². The predicted molar refractivity (Wildman–Crippen MR) is 141 cm³/mol. The molecule has 0 fully saturated rings. The smallest absolute Gasteiger partial charge is 0.124 e. The van der Waals surface area contributed by atoms with E-state index in [0.29, 0.717) is 11.1 Å². The second kappa shape index (κ2) is 9.85. The Kier molecular flexibility index (Phi) is 6.86. The van der Waals surface area contributed by atoms with Crippen LogP contribution in [0.5, 0.6) is 11.5 Å². The van der Waals surface area contributed by atoms with Gasteiger partial charge in [-0.05, 0) is 73.5 Å². The number of phenols is 2. The number of phenolic OH excluding ortho intramolecular Hbond substituents is 2. The molecule has 170 valence electrons. The molecule has 0 saturated carbocycles. The van der Waals surface area contributed by atoms with Crippen LogP contribution in [0.4, 0.5) is 11.4 Å². The van der Waals surface area contributed by atoms with Crippen molar-refractivity contribution in [2.24, 2.45) is 17.0 Å². The summed E-state index contributed by atoms with van der Waals surface area (Å²) < 4.78 is 2.12. The molecule has 35 heavy (non-hydrogen) atoms. The number of aromatic hydroxyl groups is 2. The van der Waals surface area contributed by atoms with E-state index in [-0.39, 0.29) is 31.0 Å². The summed E-state index contributed by atoms with van der Waals surface area (Å²) >= 11 is 0. The standard InChI is InChI=1S/C29H25N3O2.Zn/c1-18-12-22-23-13-19(2)15-25(31-17-21-9-5-7-11-27(21)34)29(23)32(3)28(22)24(14-18)30-16-20-8-4-6-10-26(20)33;/h4-17,33-34H,1-3H3;. The summed E-state index contributed by atoms with van der Waals surface area (Å²) in [4.78, 5) is 9.52. The van der Waals surface area contributed by atoms with Crippen molar-refractivity contribution in [3.63, 3.8) is 0 Å². The molecule has 5 rings (SSSR count). The maximum absolute atomic E-state index is 10.1. The van der Waals surface area contributed by atoms with Crippen molar-refractivity contribution >= 4 is 45.6 Å². The van der Waals surface area contributed by atoms with Crippen molar-refractivity contribution < 1.29 is 29.7 Å². The van der Waals surface area contributed by atoms with Crippen LogP contribution in [0.15, 0.2) is 82.8 Å². The Morgan fingerprint density at radius 2 is 1.06 bits per heavy atom. The van der Waals surface area contributed by atoms with E-state index < -0.39 is 0 Å². The van der Waals surface area contributed by atoms with Crippen LogP contribution in [0.1, 0.15) is 22.3 Å². The third-order valence-corrected chi connectivity index (χ3v) is 5.99. The van der Waals surface area contributed by atoms with Crippen LogP contribution in [-0.2, 0) is 26.5 Å². The van der Waals surface area contributed by atoms with Gasteiger partial charge >= 0.3 is 0 Å². The van der Waals surface area contributed by atoms with Gasteiger partial charge in [-0.1, -0.05) is 24.3 Å². The molecular formula is C29H25N3O2Zn. The predicted octanol–water partition coefficient (Wildman–Crippen LogP) is 6.86. The van der Waals surface area contributed by atoms with Crippen LogP contribution in [-0.4, -0.2) is 27.2 Å². The van der Waals surface area contributed by atoms with E-state index in [1.54, 1.807) is 36.7 Å². The normalized spacial score (nSPS) is 11.6. The van der Waals surface area contributed by atoms with Crippen LogP contribution in [0.3, 0.4) is 0 Å². The number of aryl methyl sites for hydroxylation is 3. The zero-order valence-corrected chi connectivity index (χ0v) is 23.0.